The van der Waals surface area contributed by atoms with Gasteiger partial charge in [-0.3, -0.25) is 0 Å². The van der Waals surface area contributed by atoms with E-state index in [9.17, 15) is 4.39 Å². The van der Waals surface area contributed by atoms with E-state index in [1.54, 1.807) is 6.08 Å². The molecule has 0 saturated heterocycles. The molecular formula is C18H31F. The minimum atomic E-state index is 0.723. The maximum atomic E-state index is 12.0. The monoisotopic (exact) mass is 266 g/mol. The minimum Gasteiger partial charge on any atom is -0.216 e. The zero-order chi connectivity index (χ0) is 13.5. The van der Waals surface area contributed by atoms with E-state index in [1.807, 2.05) is 0 Å². The second-order valence-corrected chi connectivity index (χ2v) is 6.95. The minimum absolute atomic E-state index is 0.723. The first-order valence-corrected chi connectivity index (χ1v) is 8.58. The first-order chi connectivity index (χ1) is 9.33. The summed E-state index contributed by atoms with van der Waals surface area (Å²) in [6, 6.07) is 0. The molecule has 0 spiro atoms. The van der Waals surface area contributed by atoms with E-state index < -0.39 is 0 Å². The molecule has 0 heterocycles. The predicted octanol–water partition coefficient (Wildman–Crippen LogP) is 6.27. The molecule has 0 aromatic rings. The first kappa shape index (κ1) is 15.1. The molecule has 0 atom stereocenters. The van der Waals surface area contributed by atoms with Gasteiger partial charge in [0.05, 0.1) is 6.33 Å². The lowest BCUT2D eigenvalue weighted by atomic mass is 9.68. The summed E-state index contributed by atoms with van der Waals surface area (Å²) in [6.07, 6.45) is 17.7. The molecule has 0 N–H and O–H groups in total. The van der Waals surface area contributed by atoms with Crippen molar-refractivity contribution in [3.63, 3.8) is 0 Å². The van der Waals surface area contributed by atoms with Gasteiger partial charge in [0.15, 0.2) is 0 Å². The van der Waals surface area contributed by atoms with Crippen LogP contribution in [0.15, 0.2) is 12.4 Å². The van der Waals surface area contributed by atoms with E-state index in [1.165, 1.54) is 64.2 Å². The van der Waals surface area contributed by atoms with Gasteiger partial charge < -0.3 is 0 Å². The predicted molar refractivity (Wildman–Crippen MR) is 80.7 cm³/mol. The van der Waals surface area contributed by atoms with E-state index in [4.69, 9.17) is 0 Å². The molecular weight excluding hydrogens is 235 g/mol. The fourth-order valence-electron chi connectivity index (χ4n) is 4.50. The molecule has 2 saturated carbocycles. The van der Waals surface area contributed by atoms with Gasteiger partial charge in [-0.15, -0.1) is 0 Å². The zero-order valence-electron chi connectivity index (χ0n) is 12.6. The van der Waals surface area contributed by atoms with Crippen LogP contribution in [0.4, 0.5) is 4.39 Å². The summed E-state index contributed by atoms with van der Waals surface area (Å²) in [6.45, 7) is 2.32. The van der Waals surface area contributed by atoms with Crippen molar-refractivity contribution in [1.82, 2.24) is 0 Å². The Hall–Kier alpha value is -0.330. The van der Waals surface area contributed by atoms with Crippen molar-refractivity contribution in [1.29, 1.82) is 0 Å². The maximum absolute atomic E-state index is 12.0. The molecule has 0 unspecified atom stereocenters. The third kappa shape index (κ3) is 4.61. The highest BCUT2D eigenvalue weighted by Crippen LogP contribution is 2.42. The number of hydrogen-bond donors (Lipinski definition) is 0. The Bertz CT molecular complexity index is 255. The summed E-state index contributed by atoms with van der Waals surface area (Å²) in [4.78, 5) is 0. The van der Waals surface area contributed by atoms with Crippen LogP contribution in [0.5, 0.6) is 0 Å². The van der Waals surface area contributed by atoms with Crippen molar-refractivity contribution >= 4 is 0 Å². The van der Waals surface area contributed by atoms with Crippen molar-refractivity contribution in [2.24, 2.45) is 23.7 Å². The lowest BCUT2D eigenvalue weighted by Gasteiger charge is -2.37. The Balaban J connectivity index is 1.68. The highest BCUT2D eigenvalue weighted by molar-refractivity contribution is 4.85. The van der Waals surface area contributed by atoms with Gasteiger partial charge >= 0.3 is 0 Å². The summed E-state index contributed by atoms with van der Waals surface area (Å²) in [7, 11) is 0. The van der Waals surface area contributed by atoms with Crippen molar-refractivity contribution in [2.45, 2.75) is 77.6 Å². The van der Waals surface area contributed by atoms with E-state index in [0.29, 0.717) is 0 Å². The van der Waals surface area contributed by atoms with Crippen molar-refractivity contribution in [3.05, 3.63) is 12.4 Å². The molecule has 0 aromatic carbocycles. The van der Waals surface area contributed by atoms with Gasteiger partial charge in [0.1, 0.15) is 0 Å². The van der Waals surface area contributed by atoms with Crippen LogP contribution in [0.3, 0.4) is 0 Å². The molecule has 0 bridgehead atoms. The van der Waals surface area contributed by atoms with Crippen LogP contribution >= 0.6 is 0 Å². The largest absolute Gasteiger partial charge is 0.216 e. The molecule has 110 valence electrons. The van der Waals surface area contributed by atoms with Crippen molar-refractivity contribution in [3.8, 4) is 0 Å². The fraction of sp³-hybridized carbons (Fsp3) is 0.889. The van der Waals surface area contributed by atoms with Crippen LogP contribution in [0.1, 0.15) is 77.6 Å². The highest BCUT2D eigenvalue weighted by Gasteiger charge is 2.30. The quantitative estimate of drug-likeness (QED) is 0.550. The molecule has 0 radical (unpaired) electrons. The van der Waals surface area contributed by atoms with Crippen LogP contribution < -0.4 is 0 Å². The van der Waals surface area contributed by atoms with Crippen LogP contribution in [0, 0.1) is 23.7 Å². The van der Waals surface area contributed by atoms with Crippen LogP contribution in [-0.4, -0.2) is 0 Å². The standard InChI is InChI=1S/C18H31F/c1-2-4-15-6-10-17(11-7-15)18-12-8-16(9-13-18)5-3-14-19/h3,14-18H,2,4-13H2,1H3/t15-,16-,17-,18-. The summed E-state index contributed by atoms with van der Waals surface area (Å²) >= 11 is 0. The molecule has 0 nitrogen and oxygen atoms in total. The Morgan fingerprint density at radius 3 is 1.84 bits per heavy atom. The van der Waals surface area contributed by atoms with Gasteiger partial charge in [-0.05, 0) is 68.6 Å². The SMILES string of the molecule is CCC[C@H]1CC[C@H]([C@H]2CC[C@H](CC=CF)CC2)CC1. The Morgan fingerprint density at radius 1 is 0.842 bits per heavy atom. The second kappa shape index (κ2) is 8.07. The van der Waals surface area contributed by atoms with Gasteiger partial charge in [-0.25, -0.2) is 4.39 Å². The average Bonchev–Trinajstić information content (AvgIpc) is 2.47. The Labute approximate surface area is 118 Å². The Morgan fingerprint density at radius 2 is 1.37 bits per heavy atom. The van der Waals surface area contributed by atoms with Gasteiger partial charge in [0.2, 0.25) is 0 Å². The lowest BCUT2D eigenvalue weighted by molar-refractivity contribution is 0.144. The summed E-state index contributed by atoms with van der Waals surface area (Å²) in [5.41, 5.74) is 0. The van der Waals surface area contributed by atoms with E-state index in [-0.39, 0.29) is 0 Å². The van der Waals surface area contributed by atoms with Crippen molar-refractivity contribution < 1.29 is 4.39 Å². The summed E-state index contributed by atoms with van der Waals surface area (Å²) in [5.74, 6) is 3.81. The molecule has 0 aliphatic heterocycles. The number of rotatable bonds is 5. The topological polar surface area (TPSA) is 0 Å². The molecule has 0 amide bonds. The molecule has 19 heavy (non-hydrogen) atoms. The average molecular weight is 266 g/mol. The number of hydrogen-bond acceptors (Lipinski definition) is 0. The third-order valence-corrected chi connectivity index (χ3v) is 5.70. The lowest BCUT2D eigenvalue weighted by Crippen LogP contribution is -2.25. The normalized spacial score (nSPS) is 36.7. The molecule has 2 aliphatic rings. The number of halogens is 1. The molecule has 0 aromatic heterocycles. The van der Waals surface area contributed by atoms with E-state index in [0.717, 1.165) is 36.4 Å². The molecule has 2 rings (SSSR count). The second-order valence-electron chi connectivity index (χ2n) is 6.95. The van der Waals surface area contributed by atoms with Crippen LogP contribution in [0.25, 0.3) is 0 Å². The van der Waals surface area contributed by atoms with E-state index >= 15 is 0 Å². The molecule has 2 fully saturated rings. The van der Waals surface area contributed by atoms with Crippen LogP contribution in [-0.2, 0) is 0 Å². The van der Waals surface area contributed by atoms with Gasteiger partial charge in [-0.1, -0.05) is 38.7 Å². The van der Waals surface area contributed by atoms with Crippen molar-refractivity contribution in [2.75, 3.05) is 0 Å². The van der Waals surface area contributed by atoms with Gasteiger partial charge in [0, 0.05) is 0 Å². The van der Waals surface area contributed by atoms with Gasteiger partial charge in [-0.2, -0.15) is 0 Å². The molecule has 1 heteroatoms. The third-order valence-electron chi connectivity index (χ3n) is 5.70. The maximum Gasteiger partial charge on any atom is 0.0827 e. The van der Waals surface area contributed by atoms with E-state index in [2.05, 4.69) is 6.92 Å². The summed E-state index contributed by atoms with van der Waals surface area (Å²) < 4.78 is 12.0. The highest BCUT2D eigenvalue weighted by atomic mass is 19.1. The first-order valence-electron chi connectivity index (χ1n) is 8.58. The zero-order valence-corrected chi connectivity index (χ0v) is 12.6. The smallest absolute Gasteiger partial charge is 0.0827 e. The number of allylic oxidation sites excluding steroid dienone is 1. The molecule has 2 aliphatic carbocycles. The van der Waals surface area contributed by atoms with Crippen LogP contribution in [0.2, 0.25) is 0 Å². The fourth-order valence-corrected chi connectivity index (χ4v) is 4.50. The summed E-state index contributed by atoms with van der Waals surface area (Å²) in [5, 5.41) is 0. The Kier molecular flexibility index (Phi) is 6.40. The van der Waals surface area contributed by atoms with Gasteiger partial charge in [0.25, 0.3) is 0 Å².